The molecule has 45 heavy (non-hydrogen) atoms. The number of ether oxygens (including phenoxy) is 6. The maximum Gasteiger partial charge on any atom is 0.343 e. The third-order valence-corrected chi connectivity index (χ3v) is 6.19. The van der Waals surface area contributed by atoms with Crippen molar-refractivity contribution in [3.8, 4) is 23.0 Å². The van der Waals surface area contributed by atoms with Crippen molar-refractivity contribution in [2.45, 2.75) is 32.6 Å². The topological polar surface area (TPSA) is 124 Å². The first kappa shape index (κ1) is 34.1. The molecule has 0 N–H and O–H groups in total. The third kappa shape index (κ3) is 11.7. The zero-order valence-electron chi connectivity index (χ0n) is 25.2. The second-order valence-electron chi connectivity index (χ2n) is 9.58. The molecule has 3 aromatic carbocycles. The Labute approximate surface area is 262 Å². The zero-order chi connectivity index (χ0) is 32.4. The van der Waals surface area contributed by atoms with E-state index in [4.69, 9.17) is 28.4 Å². The van der Waals surface area contributed by atoms with Crippen LogP contribution < -0.4 is 18.9 Å². The Morgan fingerprint density at radius 2 is 1.04 bits per heavy atom. The zero-order valence-corrected chi connectivity index (χ0v) is 25.2. The quantitative estimate of drug-likeness (QED) is 0.0705. The van der Waals surface area contributed by atoms with Crippen LogP contribution in [0.5, 0.6) is 23.0 Å². The number of hydrogen-bond donors (Lipinski definition) is 0. The highest BCUT2D eigenvalue weighted by Gasteiger charge is 2.18. The predicted molar refractivity (Wildman–Crippen MR) is 166 cm³/mol. The highest BCUT2D eigenvalue weighted by Crippen LogP contribution is 2.32. The number of rotatable bonds is 18. The molecule has 0 unspecified atom stereocenters. The molecule has 0 atom stereocenters. The summed E-state index contributed by atoms with van der Waals surface area (Å²) in [6.07, 6.45) is 4.89. The molecule has 0 heterocycles. The molecular weight excluding hydrogens is 580 g/mol. The minimum atomic E-state index is -0.631. The van der Waals surface area contributed by atoms with Crippen molar-refractivity contribution in [2.75, 3.05) is 26.4 Å². The van der Waals surface area contributed by atoms with Gasteiger partial charge in [0.25, 0.3) is 0 Å². The van der Waals surface area contributed by atoms with Gasteiger partial charge in [0.15, 0.2) is 11.5 Å². The van der Waals surface area contributed by atoms with E-state index in [1.165, 1.54) is 0 Å². The molecule has 0 saturated heterocycles. The molecule has 0 spiro atoms. The van der Waals surface area contributed by atoms with Gasteiger partial charge in [-0.2, -0.15) is 0 Å². The standard InChI is InChI=1S/C35H36O10/c1-4-31(36)42-23-8-6-21-40-28-17-13-26(14-18-28)34(38)44-30-12-10-11-25(3)33(30)45-35(39)27-15-19-29(20-16-27)41-22-7-9-24-43-32(37)5-2/h4-5,10-20H,1-2,6-9,21-24H2,3H3. The van der Waals surface area contributed by atoms with Gasteiger partial charge in [0.1, 0.15) is 11.5 Å². The second-order valence-corrected chi connectivity index (χ2v) is 9.58. The van der Waals surface area contributed by atoms with Crippen LogP contribution in [0.25, 0.3) is 0 Å². The van der Waals surface area contributed by atoms with E-state index in [0.29, 0.717) is 56.0 Å². The fourth-order valence-corrected chi connectivity index (χ4v) is 3.77. The first-order valence-electron chi connectivity index (χ1n) is 14.4. The summed E-state index contributed by atoms with van der Waals surface area (Å²) in [5, 5.41) is 0. The van der Waals surface area contributed by atoms with E-state index >= 15 is 0 Å². The third-order valence-electron chi connectivity index (χ3n) is 6.19. The van der Waals surface area contributed by atoms with Gasteiger partial charge in [-0.25, -0.2) is 19.2 Å². The molecule has 10 heteroatoms. The van der Waals surface area contributed by atoms with E-state index in [1.807, 2.05) is 0 Å². The first-order valence-corrected chi connectivity index (χ1v) is 14.4. The smallest absolute Gasteiger partial charge is 0.343 e. The maximum atomic E-state index is 12.9. The van der Waals surface area contributed by atoms with Crippen LogP contribution in [0.1, 0.15) is 52.0 Å². The van der Waals surface area contributed by atoms with Crippen LogP contribution in [0, 0.1) is 6.92 Å². The van der Waals surface area contributed by atoms with Gasteiger partial charge in [-0.05, 0) is 92.8 Å². The molecular formula is C35H36O10. The highest BCUT2D eigenvalue weighted by atomic mass is 16.6. The van der Waals surface area contributed by atoms with Gasteiger partial charge in [0.05, 0.1) is 37.6 Å². The van der Waals surface area contributed by atoms with E-state index in [0.717, 1.165) is 12.2 Å². The fraction of sp³-hybridized carbons (Fsp3) is 0.257. The monoisotopic (exact) mass is 616 g/mol. The summed E-state index contributed by atoms with van der Waals surface area (Å²) in [4.78, 5) is 47.9. The summed E-state index contributed by atoms with van der Waals surface area (Å²) in [6, 6.07) is 17.9. The summed E-state index contributed by atoms with van der Waals surface area (Å²) in [5.74, 6) is -0.794. The van der Waals surface area contributed by atoms with Crippen molar-refractivity contribution < 1.29 is 47.6 Å². The lowest BCUT2D eigenvalue weighted by atomic mass is 10.2. The van der Waals surface area contributed by atoms with Crippen molar-refractivity contribution in [1.29, 1.82) is 0 Å². The van der Waals surface area contributed by atoms with E-state index in [9.17, 15) is 19.2 Å². The van der Waals surface area contributed by atoms with Gasteiger partial charge in [0.2, 0.25) is 0 Å². The van der Waals surface area contributed by atoms with Crippen LogP contribution in [0.15, 0.2) is 92.0 Å². The van der Waals surface area contributed by atoms with Gasteiger partial charge < -0.3 is 28.4 Å². The molecule has 0 amide bonds. The van der Waals surface area contributed by atoms with Gasteiger partial charge >= 0.3 is 23.9 Å². The number of para-hydroxylation sites is 1. The number of hydrogen-bond acceptors (Lipinski definition) is 10. The predicted octanol–water partition coefficient (Wildman–Crippen LogP) is 6.21. The normalized spacial score (nSPS) is 10.2. The minimum Gasteiger partial charge on any atom is -0.494 e. The van der Waals surface area contributed by atoms with Crippen molar-refractivity contribution in [3.63, 3.8) is 0 Å². The molecule has 0 radical (unpaired) electrons. The Morgan fingerprint density at radius 3 is 1.51 bits per heavy atom. The van der Waals surface area contributed by atoms with Gasteiger partial charge in [-0.1, -0.05) is 25.3 Å². The van der Waals surface area contributed by atoms with Gasteiger partial charge in [-0.3, -0.25) is 0 Å². The SMILES string of the molecule is C=CC(=O)OCCCCOc1ccc(C(=O)Oc2cccc(C)c2OC(=O)c2ccc(OCCCCOC(=O)C=C)cc2)cc1. The van der Waals surface area contributed by atoms with Crippen LogP contribution in [-0.2, 0) is 19.1 Å². The van der Waals surface area contributed by atoms with Crippen molar-refractivity contribution >= 4 is 23.9 Å². The number of carbonyl (C=O) groups is 4. The van der Waals surface area contributed by atoms with Crippen molar-refractivity contribution in [3.05, 3.63) is 109 Å². The maximum absolute atomic E-state index is 12.9. The Kier molecular flexibility index (Phi) is 13.9. The summed E-state index contributed by atoms with van der Waals surface area (Å²) < 4.78 is 32.4. The summed E-state index contributed by atoms with van der Waals surface area (Å²) in [7, 11) is 0. The minimum absolute atomic E-state index is 0.101. The molecule has 0 fully saturated rings. The number of aryl methyl sites for hydroxylation is 1. The molecule has 3 aromatic rings. The molecule has 3 rings (SSSR count). The number of benzene rings is 3. The average Bonchev–Trinajstić information content (AvgIpc) is 3.05. The van der Waals surface area contributed by atoms with Crippen LogP contribution in [-0.4, -0.2) is 50.3 Å². The first-order chi connectivity index (χ1) is 21.8. The lowest BCUT2D eigenvalue weighted by Gasteiger charge is -2.13. The molecule has 0 bridgehead atoms. The molecule has 10 nitrogen and oxygen atoms in total. The largest absolute Gasteiger partial charge is 0.494 e. The second kappa shape index (κ2) is 18.3. The van der Waals surface area contributed by atoms with Crippen molar-refractivity contribution in [1.82, 2.24) is 0 Å². The molecule has 0 aliphatic carbocycles. The average molecular weight is 617 g/mol. The van der Waals surface area contributed by atoms with E-state index < -0.39 is 23.9 Å². The molecule has 0 aliphatic heterocycles. The van der Waals surface area contributed by atoms with Crippen LogP contribution in [0.2, 0.25) is 0 Å². The molecule has 0 aromatic heterocycles. The van der Waals surface area contributed by atoms with E-state index in [2.05, 4.69) is 13.2 Å². The highest BCUT2D eigenvalue weighted by molar-refractivity contribution is 5.93. The lowest BCUT2D eigenvalue weighted by Crippen LogP contribution is -2.13. The summed E-state index contributed by atoms with van der Waals surface area (Å²) in [6.45, 7) is 9.84. The Hall–Kier alpha value is -5.38. The number of carbonyl (C=O) groups excluding carboxylic acids is 4. The van der Waals surface area contributed by atoms with Gasteiger partial charge in [-0.15, -0.1) is 0 Å². The fourth-order valence-electron chi connectivity index (χ4n) is 3.77. The number of unbranched alkanes of at least 4 members (excludes halogenated alkanes) is 2. The van der Waals surface area contributed by atoms with Gasteiger partial charge in [0, 0.05) is 12.2 Å². The van der Waals surface area contributed by atoms with Crippen molar-refractivity contribution in [2.24, 2.45) is 0 Å². The Bertz CT molecular complexity index is 1460. The number of esters is 4. The lowest BCUT2D eigenvalue weighted by molar-refractivity contribution is -0.138. The van der Waals surface area contributed by atoms with Crippen LogP contribution in [0.4, 0.5) is 0 Å². The molecule has 236 valence electrons. The molecule has 0 saturated carbocycles. The molecule has 0 aliphatic rings. The summed E-state index contributed by atoms with van der Waals surface area (Å²) in [5.41, 5.74) is 1.17. The summed E-state index contributed by atoms with van der Waals surface area (Å²) >= 11 is 0. The van der Waals surface area contributed by atoms with E-state index in [1.54, 1.807) is 73.7 Å². The van der Waals surface area contributed by atoms with Crippen LogP contribution in [0.3, 0.4) is 0 Å². The Balaban J connectivity index is 1.49. The van der Waals surface area contributed by atoms with Crippen LogP contribution >= 0.6 is 0 Å². The Morgan fingerprint density at radius 1 is 0.600 bits per heavy atom. The van der Waals surface area contributed by atoms with E-state index in [-0.39, 0.29) is 35.8 Å².